The molecule has 0 saturated heterocycles. The summed E-state index contributed by atoms with van der Waals surface area (Å²) in [5, 5.41) is 18.4. The number of fused-ring (bicyclic) bond motifs is 1. The molecule has 1 aromatic heterocycles. The molecular formula is C19H17ClN4O5. The van der Waals surface area contributed by atoms with Gasteiger partial charge in [0.1, 0.15) is 5.60 Å². The number of hydrogen-bond donors (Lipinski definition) is 1. The quantitative estimate of drug-likeness (QED) is 0.491. The van der Waals surface area contributed by atoms with Crippen molar-refractivity contribution in [2.45, 2.75) is 26.4 Å². The summed E-state index contributed by atoms with van der Waals surface area (Å²) in [7, 11) is 0. The first-order valence-corrected chi connectivity index (χ1v) is 8.90. The van der Waals surface area contributed by atoms with Crippen LogP contribution in [0.5, 0.6) is 0 Å². The summed E-state index contributed by atoms with van der Waals surface area (Å²) in [6.45, 7) is 5.09. The fourth-order valence-corrected chi connectivity index (χ4v) is 2.76. The molecule has 0 aliphatic heterocycles. The minimum absolute atomic E-state index is 0.0143. The number of ether oxygens (including phenoxy) is 1. The Hall–Kier alpha value is -3.46. The molecule has 9 nitrogen and oxygen atoms in total. The van der Waals surface area contributed by atoms with Crippen LogP contribution < -0.4 is 5.32 Å². The SMILES string of the molecule is CC(C)(C)OC(=O)n1nc(NC(=O)c2cccc(Cl)c2)c2cc([N+](=O)[O-])ccc21. The normalized spacial score (nSPS) is 11.3. The van der Waals surface area contributed by atoms with Crippen LogP contribution in [-0.2, 0) is 4.74 Å². The number of nitro benzene ring substituents is 1. The maximum atomic E-state index is 12.6. The van der Waals surface area contributed by atoms with Crippen LogP contribution in [0.2, 0.25) is 5.02 Å². The van der Waals surface area contributed by atoms with Crippen LogP contribution in [-0.4, -0.2) is 32.3 Å². The van der Waals surface area contributed by atoms with Gasteiger partial charge in [-0.05, 0) is 45.0 Å². The Morgan fingerprint density at radius 2 is 1.93 bits per heavy atom. The van der Waals surface area contributed by atoms with Crippen molar-refractivity contribution in [1.82, 2.24) is 9.78 Å². The molecule has 1 amide bonds. The number of rotatable bonds is 3. The van der Waals surface area contributed by atoms with E-state index >= 15 is 0 Å². The van der Waals surface area contributed by atoms with Crippen molar-refractivity contribution in [3.05, 3.63) is 63.2 Å². The molecule has 0 unspecified atom stereocenters. The Bertz CT molecular complexity index is 1130. The van der Waals surface area contributed by atoms with Gasteiger partial charge in [-0.3, -0.25) is 14.9 Å². The zero-order valence-corrected chi connectivity index (χ0v) is 16.6. The third-order valence-corrected chi connectivity index (χ3v) is 3.99. The lowest BCUT2D eigenvalue weighted by Crippen LogP contribution is -2.27. The monoisotopic (exact) mass is 416 g/mol. The van der Waals surface area contributed by atoms with Crippen LogP contribution in [0, 0.1) is 10.1 Å². The Kier molecular flexibility index (Phi) is 5.25. The summed E-state index contributed by atoms with van der Waals surface area (Å²) < 4.78 is 6.28. The molecule has 150 valence electrons. The predicted molar refractivity (Wildman–Crippen MR) is 107 cm³/mol. The Morgan fingerprint density at radius 3 is 2.55 bits per heavy atom. The first kappa shape index (κ1) is 20.3. The van der Waals surface area contributed by atoms with Gasteiger partial charge in [0, 0.05) is 22.7 Å². The third-order valence-electron chi connectivity index (χ3n) is 3.76. The summed E-state index contributed by atoms with van der Waals surface area (Å²) in [5.74, 6) is -0.547. The molecule has 0 aliphatic rings. The van der Waals surface area contributed by atoms with E-state index in [1.165, 1.54) is 24.3 Å². The number of nitrogens with one attached hydrogen (secondary N) is 1. The van der Waals surface area contributed by atoms with Gasteiger partial charge in [0.05, 0.1) is 15.8 Å². The average Bonchev–Trinajstić information content (AvgIpc) is 2.98. The van der Waals surface area contributed by atoms with Crippen LogP contribution in [0.4, 0.5) is 16.3 Å². The zero-order chi connectivity index (χ0) is 21.3. The second-order valence-electron chi connectivity index (χ2n) is 7.16. The van der Waals surface area contributed by atoms with Crippen LogP contribution in [0.25, 0.3) is 10.9 Å². The minimum atomic E-state index is -0.778. The lowest BCUT2D eigenvalue weighted by Gasteiger charge is -2.19. The summed E-state index contributed by atoms with van der Waals surface area (Å²) in [5.41, 5.74) is -0.464. The lowest BCUT2D eigenvalue weighted by atomic mass is 10.2. The number of anilines is 1. The van der Waals surface area contributed by atoms with Crippen LogP contribution in [0.1, 0.15) is 31.1 Å². The number of aromatic nitrogens is 2. The number of nitrogens with zero attached hydrogens (tertiary/aromatic N) is 3. The smallest absolute Gasteiger partial charge is 0.435 e. The number of nitro groups is 1. The second kappa shape index (κ2) is 7.51. The van der Waals surface area contributed by atoms with Crippen molar-refractivity contribution in [2.24, 2.45) is 0 Å². The first-order chi connectivity index (χ1) is 13.5. The fraction of sp³-hybridized carbons (Fsp3) is 0.211. The standard InChI is InChI=1S/C19H17ClN4O5/c1-19(2,3)29-18(26)23-15-8-7-13(24(27)28)10-14(15)16(22-23)21-17(25)11-5-4-6-12(20)9-11/h4-10H,1-3H3,(H,21,22,25). The van der Waals surface area contributed by atoms with Gasteiger partial charge >= 0.3 is 6.09 Å². The minimum Gasteiger partial charge on any atom is -0.442 e. The molecule has 0 aliphatic carbocycles. The molecule has 29 heavy (non-hydrogen) atoms. The molecule has 0 bridgehead atoms. The lowest BCUT2D eigenvalue weighted by molar-refractivity contribution is -0.384. The summed E-state index contributed by atoms with van der Waals surface area (Å²) in [4.78, 5) is 35.7. The van der Waals surface area contributed by atoms with E-state index in [2.05, 4.69) is 10.4 Å². The van der Waals surface area contributed by atoms with Crippen molar-refractivity contribution >= 4 is 46.0 Å². The Labute approximate surface area is 170 Å². The average molecular weight is 417 g/mol. The highest BCUT2D eigenvalue weighted by Gasteiger charge is 2.24. The number of carbonyl (C=O) groups excluding carboxylic acids is 2. The maximum absolute atomic E-state index is 12.6. The molecule has 0 radical (unpaired) electrons. The van der Waals surface area contributed by atoms with Crippen molar-refractivity contribution < 1.29 is 19.2 Å². The zero-order valence-electron chi connectivity index (χ0n) is 15.8. The molecule has 0 atom stereocenters. The summed E-state index contributed by atoms with van der Waals surface area (Å²) >= 11 is 5.91. The summed E-state index contributed by atoms with van der Waals surface area (Å²) in [6.07, 6.45) is -0.778. The Balaban J connectivity index is 2.07. The van der Waals surface area contributed by atoms with Crippen LogP contribution >= 0.6 is 11.6 Å². The number of halogens is 1. The highest BCUT2D eigenvalue weighted by Crippen LogP contribution is 2.28. The summed E-state index contributed by atoms with van der Waals surface area (Å²) in [6, 6.07) is 10.1. The molecule has 1 heterocycles. The van der Waals surface area contributed by atoms with Gasteiger partial charge in [-0.15, -0.1) is 5.10 Å². The topological polar surface area (TPSA) is 116 Å². The van der Waals surface area contributed by atoms with Gasteiger partial charge in [-0.25, -0.2) is 4.79 Å². The van der Waals surface area contributed by atoms with Crippen molar-refractivity contribution in [3.8, 4) is 0 Å². The van der Waals surface area contributed by atoms with Gasteiger partial charge in [0.15, 0.2) is 5.82 Å². The van der Waals surface area contributed by atoms with Gasteiger partial charge in [0.25, 0.3) is 11.6 Å². The molecule has 1 N–H and O–H groups in total. The largest absolute Gasteiger partial charge is 0.442 e. The van der Waals surface area contributed by atoms with Crippen molar-refractivity contribution in [3.63, 3.8) is 0 Å². The van der Waals surface area contributed by atoms with Gasteiger partial charge < -0.3 is 10.1 Å². The van der Waals surface area contributed by atoms with Gasteiger partial charge in [0.2, 0.25) is 0 Å². The molecule has 0 fully saturated rings. The van der Waals surface area contributed by atoms with Gasteiger partial charge in [-0.2, -0.15) is 4.68 Å². The van der Waals surface area contributed by atoms with Gasteiger partial charge in [-0.1, -0.05) is 17.7 Å². The van der Waals surface area contributed by atoms with Crippen LogP contribution in [0.15, 0.2) is 42.5 Å². The van der Waals surface area contributed by atoms with E-state index in [0.29, 0.717) is 5.02 Å². The maximum Gasteiger partial charge on any atom is 0.435 e. The predicted octanol–water partition coefficient (Wildman–Crippen LogP) is 4.63. The van der Waals surface area contributed by atoms with E-state index in [9.17, 15) is 19.7 Å². The number of benzene rings is 2. The first-order valence-electron chi connectivity index (χ1n) is 8.52. The molecule has 10 heteroatoms. The van der Waals surface area contributed by atoms with Crippen LogP contribution in [0.3, 0.4) is 0 Å². The van der Waals surface area contributed by atoms with E-state index in [1.54, 1.807) is 39.0 Å². The van der Waals surface area contributed by atoms with E-state index in [1.807, 2.05) is 0 Å². The van der Waals surface area contributed by atoms with Crippen molar-refractivity contribution in [1.29, 1.82) is 0 Å². The molecule has 0 spiro atoms. The van der Waals surface area contributed by atoms with Crippen molar-refractivity contribution in [2.75, 3.05) is 5.32 Å². The highest BCUT2D eigenvalue weighted by atomic mass is 35.5. The molecular weight excluding hydrogens is 400 g/mol. The molecule has 3 rings (SSSR count). The number of non-ortho nitro benzene ring substituents is 1. The molecule has 2 aromatic carbocycles. The highest BCUT2D eigenvalue weighted by molar-refractivity contribution is 6.31. The second-order valence-corrected chi connectivity index (χ2v) is 7.60. The fourth-order valence-electron chi connectivity index (χ4n) is 2.57. The number of hydrogen-bond acceptors (Lipinski definition) is 6. The van der Waals surface area contributed by atoms with E-state index < -0.39 is 22.5 Å². The number of amides is 1. The number of carbonyl (C=O) groups is 2. The Morgan fingerprint density at radius 1 is 1.21 bits per heavy atom. The molecule has 0 saturated carbocycles. The third kappa shape index (κ3) is 4.52. The molecule has 3 aromatic rings. The van der Waals surface area contributed by atoms with E-state index in [4.69, 9.17) is 16.3 Å². The van der Waals surface area contributed by atoms with E-state index in [0.717, 1.165) is 4.68 Å². The van der Waals surface area contributed by atoms with E-state index in [-0.39, 0.29) is 28.0 Å².